The Morgan fingerprint density at radius 1 is 1.06 bits per heavy atom. The predicted octanol–water partition coefficient (Wildman–Crippen LogP) is 4.99. The van der Waals surface area contributed by atoms with Crippen LogP contribution in [0.5, 0.6) is 11.5 Å². The van der Waals surface area contributed by atoms with Crippen LogP contribution in [0.25, 0.3) is 11.3 Å². The summed E-state index contributed by atoms with van der Waals surface area (Å²) in [5.41, 5.74) is 1.09. The van der Waals surface area contributed by atoms with Gasteiger partial charge in [-0.1, -0.05) is 18.2 Å². The zero-order valence-corrected chi connectivity index (χ0v) is 16.9. The van der Waals surface area contributed by atoms with Crippen LogP contribution in [0.2, 0.25) is 0 Å². The van der Waals surface area contributed by atoms with Crippen LogP contribution in [0.1, 0.15) is 17.7 Å². The van der Waals surface area contributed by atoms with Gasteiger partial charge in [-0.2, -0.15) is 8.78 Å². The van der Waals surface area contributed by atoms with E-state index >= 15 is 0 Å². The third kappa shape index (κ3) is 6.28. The summed E-state index contributed by atoms with van der Waals surface area (Å²) in [6, 6.07) is 14.4. The van der Waals surface area contributed by atoms with Crippen molar-refractivity contribution in [3.63, 3.8) is 0 Å². The van der Waals surface area contributed by atoms with Crippen LogP contribution >= 0.6 is 0 Å². The molecule has 1 amide bonds. The van der Waals surface area contributed by atoms with Crippen LogP contribution in [-0.4, -0.2) is 26.2 Å². The molecule has 164 valence electrons. The van der Waals surface area contributed by atoms with Gasteiger partial charge in [0.1, 0.15) is 17.3 Å². The van der Waals surface area contributed by atoms with Crippen molar-refractivity contribution in [3.05, 3.63) is 71.7 Å². The maximum atomic E-state index is 13.8. The number of ether oxygens (including phenoxy) is 2. The Morgan fingerprint density at radius 3 is 2.61 bits per heavy atom. The highest BCUT2D eigenvalue weighted by atomic mass is 19.3. The lowest BCUT2D eigenvalue weighted by Gasteiger charge is -2.12. The van der Waals surface area contributed by atoms with Gasteiger partial charge in [0, 0.05) is 19.4 Å². The van der Waals surface area contributed by atoms with Crippen LogP contribution in [-0.2, 0) is 17.6 Å². The molecule has 3 rings (SSSR count). The molecular formula is C23H22F3NO4. The van der Waals surface area contributed by atoms with Crippen LogP contribution < -0.4 is 14.8 Å². The van der Waals surface area contributed by atoms with Crippen molar-refractivity contribution in [1.29, 1.82) is 0 Å². The Balaban J connectivity index is 1.46. The molecule has 1 aromatic heterocycles. The molecule has 5 nitrogen and oxygen atoms in total. The van der Waals surface area contributed by atoms with E-state index in [0.29, 0.717) is 36.5 Å². The molecule has 0 saturated heterocycles. The molecule has 0 atom stereocenters. The van der Waals surface area contributed by atoms with Crippen molar-refractivity contribution >= 4 is 5.91 Å². The van der Waals surface area contributed by atoms with E-state index < -0.39 is 6.61 Å². The summed E-state index contributed by atoms with van der Waals surface area (Å²) in [6.45, 7) is -2.62. The average Bonchev–Trinajstić information content (AvgIpc) is 3.21. The maximum absolute atomic E-state index is 13.8. The van der Waals surface area contributed by atoms with E-state index in [-0.39, 0.29) is 29.6 Å². The van der Waals surface area contributed by atoms with Gasteiger partial charge in [0.05, 0.1) is 12.7 Å². The van der Waals surface area contributed by atoms with Gasteiger partial charge >= 0.3 is 6.61 Å². The van der Waals surface area contributed by atoms with Crippen molar-refractivity contribution in [2.24, 2.45) is 0 Å². The molecule has 0 radical (unpaired) electrons. The summed E-state index contributed by atoms with van der Waals surface area (Å²) in [5, 5.41) is 2.78. The van der Waals surface area contributed by atoms with Crippen molar-refractivity contribution in [3.8, 4) is 22.8 Å². The highest BCUT2D eigenvalue weighted by Crippen LogP contribution is 2.29. The normalized spacial score (nSPS) is 10.9. The number of amides is 1. The maximum Gasteiger partial charge on any atom is 0.387 e. The number of hydrogen-bond donors (Lipinski definition) is 1. The Labute approximate surface area is 177 Å². The Hall–Kier alpha value is -3.42. The van der Waals surface area contributed by atoms with E-state index in [9.17, 15) is 18.0 Å². The second-order valence-corrected chi connectivity index (χ2v) is 6.71. The van der Waals surface area contributed by atoms with Crippen LogP contribution in [0.15, 0.2) is 59.0 Å². The van der Waals surface area contributed by atoms with Crippen molar-refractivity contribution < 1.29 is 31.9 Å². The Morgan fingerprint density at radius 2 is 1.87 bits per heavy atom. The molecule has 0 aliphatic rings. The van der Waals surface area contributed by atoms with E-state index in [1.807, 2.05) is 0 Å². The Bertz CT molecular complexity index is 1020. The van der Waals surface area contributed by atoms with Gasteiger partial charge in [0.2, 0.25) is 5.91 Å². The number of alkyl halides is 2. The number of aryl methyl sites for hydroxylation is 1. The van der Waals surface area contributed by atoms with Gasteiger partial charge in [-0.05, 0) is 48.4 Å². The number of benzene rings is 2. The highest BCUT2D eigenvalue weighted by Gasteiger charge is 2.12. The van der Waals surface area contributed by atoms with Gasteiger partial charge in [0.25, 0.3) is 0 Å². The molecular weight excluding hydrogens is 411 g/mol. The quantitative estimate of drug-likeness (QED) is 0.490. The highest BCUT2D eigenvalue weighted by molar-refractivity contribution is 5.76. The number of rotatable bonds is 10. The predicted molar refractivity (Wildman–Crippen MR) is 109 cm³/mol. The molecule has 0 aliphatic carbocycles. The van der Waals surface area contributed by atoms with Crippen LogP contribution in [0, 0.1) is 5.82 Å². The minimum atomic E-state index is -2.95. The first-order valence-corrected chi connectivity index (χ1v) is 9.68. The molecule has 0 aliphatic heterocycles. The topological polar surface area (TPSA) is 60.7 Å². The van der Waals surface area contributed by atoms with Gasteiger partial charge in [-0.25, -0.2) is 4.39 Å². The summed E-state index contributed by atoms with van der Waals surface area (Å²) < 4.78 is 53.9. The number of nitrogens with one attached hydrogen (secondary N) is 1. The van der Waals surface area contributed by atoms with Gasteiger partial charge in [-0.3, -0.25) is 4.79 Å². The summed E-state index contributed by atoms with van der Waals surface area (Å²) in [7, 11) is 1.37. The fraction of sp³-hybridized carbons (Fsp3) is 0.261. The molecule has 31 heavy (non-hydrogen) atoms. The molecule has 0 unspecified atom stereocenters. The van der Waals surface area contributed by atoms with Crippen LogP contribution in [0.4, 0.5) is 13.2 Å². The summed E-state index contributed by atoms with van der Waals surface area (Å²) in [6.07, 6.45) is 1.01. The lowest BCUT2D eigenvalue weighted by Crippen LogP contribution is -2.25. The number of carbonyl (C=O) groups excluding carboxylic acids is 1. The molecule has 0 fully saturated rings. The second-order valence-electron chi connectivity index (χ2n) is 6.71. The molecule has 8 heteroatoms. The smallest absolute Gasteiger partial charge is 0.387 e. The first-order chi connectivity index (χ1) is 15.0. The third-order valence-electron chi connectivity index (χ3n) is 4.58. The van der Waals surface area contributed by atoms with E-state index in [1.165, 1.54) is 19.2 Å². The fourth-order valence-corrected chi connectivity index (χ4v) is 3.05. The minimum Gasteiger partial charge on any atom is -0.493 e. The van der Waals surface area contributed by atoms with E-state index in [0.717, 1.165) is 5.56 Å². The minimum absolute atomic E-state index is 0.0511. The van der Waals surface area contributed by atoms with Gasteiger partial charge < -0.3 is 19.2 Å². The van der Waals surface area contributed by atoms with Crippen molar-refractivity contribution in [2.45, 2.75) is 25.9 Å². The lowest BCUT2D eigenvalue weighted by atomic mass is 10.1. The van der Waals surface area contributed by atoms with Gasteiger partial charge in [0.15, 0.2) is 11.5 Å². The number of hydrogen-bond acceptors (Lipinski definition) is 4. The summed E-state index contributed by atoms with van der Waals surface area (Å²) in [4.78, 5) is 12.1. The third-order valence-corrected chi connectivity index (χ3v) is 4.58. The monoisotopic (exact) mass is 433 g/mol. The first-order valence-electron chi connectivity index (χ1n) is 9.68. The zero-order chi connectivity index (χ0) is 22.2. The molecule has 2 aromatic carbocycles. The summed E-state index contributed by atoms with van der Waals surface area (Å²) in [5.74, 6) is 0.599. The fourth-order valence-electron chi connectivity index (χ4n) is 3.05. The number of carbonyl (C=O) groups is 1. The number of furan rings is 1. The largest absolute Gasteiger partial charge is 0.493 e. The average molecular weight is 433 g/mol. The Kier molecular flexibility index (Phi) is 7.59. The molecule has 0 bridgehead atoms. The zero-order valence-electron chi connectivity index (χ0n) is 16.9. The molecule has 0 saturated carbocycles. The van der Waals surface area contributed by atoms with Crippen LogP contribution in [0.3, 0.4) is 0 Å². The SMILES string of the molecule is COc1ccc(CCNC(=O)CCc2ccc(-c3ccccc3F)o2)cc1OC(F)F. The van der Waals surface area contributed by atoms with E-state index in [1.54, 1.807) is 42.5 Å². The molecule has 1 N–H and O–H groups in total. The molecule has 1 heterocycles. The first kappa shape index (κ1) is 22.3. The van der Waals surface area contributed by atoms with E-state index in [4.69, 9.17) is 9.15 Å². The lowest BCUT2D eigenvalue weighted by molar-refractivity contribution is -0.121. The number of methoxy groups -OCH3 is 1. The molecule has 0 spiro atoms. The number of halogens is 3. The van der Waals surface area contributed by atoms with Gasteiger partial charge in [-0.15, -0.1) is 0 Å². The standard InChI is InChI=1S/C23H22F3NO4/c1-29-20-9-6-15(14-21(20)31-23(25)26)12-13-27-22(28)11-8-16-7-10-19(30-16)17-4-2-3-5-18(17)24/h2-7,9-10,14,23H,8,11-13H2,1H3,(H,27,28). The van der Waals surface area contributed by atoms with Crippen molar-refractivity contribution in [2.75, 3.05) is 13.7 Å². The summed E-state index contributed by atoms with van der Waals surface area (Å²) >= 11 is 0. The second kappa shape index (κ2) is 10.6. The molecule has 3 aromatic rings. The van der Waals surface area contributed by atoms with E-state index in [2.05, 4.69) is 10.1 Å². The van der Waals surface area contributed by atoms with Crippen molar-refractivity contribution in [1.82, 2.24) is 5.32 Å².